The summed E-state index contributed by atoms with van der Waals surface area (Å²) in [6.07, 6.45) is 9.28. The molecule has 4 rings (SSSR count). The maximum atomic E-state index is 11.4. The third-order valence-corrected chi connectivity index (χ3v) is 6.91. The van der Waals surface area contributed by atoms with Crippen molar-refractivity contribution < 1.29 is 8.42 Å². The second-order valence-corrected chi connectivity index (χ2v) is 9.58. The minimum absolute atomic E-state index is 0.335. The van der Waals surface area contributed by atoms with Gasteiger partial charge in [0.25, 0.3) is 0 Å². The van der Waals surface area contributed by atoms with E-state index >= 15 is 0 Å². The Balaban J connectivity index is 1.69. The summed E-state index contributed by atoms with van der Waals surface area (Å²) in [4.78, 5) is 0. The molecule has 110 valence electrons. The highest BCUT2D eigenvalue weighted by atomic mass is 32.2. The van der Waals surface area contributed by atoms with Crippen molar-refractivity contribution in [3.05, 3.63) is 0 Å². The summed E-state index contributed by atoms with van der Waals surface area (Å²) in [6.45, 7) is 0. The van der Waals surface area contributed by atoms with Crippen LogP contribution in [0.2, 0.25) is 0 Å². The van der Waals surface area contributed by atoms with Gasteiger partial charge in [0.2, 0.25) is 0 Å². The summed E-state index contributed by atoms with van der Waals surface area (Å²) < 4.78 is 22.8. The standard InChI is InChI=1S/C15H27NO2S/c1-16-14(3-4-19(2,17)18)15-12-6-10-5-11(8-12)9-13(15)7-10/h10-16H,3-9H2,1-2H3. The van der Waals surface area contributed by atoms with Crippen LogP contribution in [0.15, 0.2) is 0 Å². The molecule has 0 aliphatic heterocycles. The molecule has 3 nitrogen and oxygen atoms in total. The lowest BCUT2D eigenvalue weighted by Gasteiger charge is -2.56. The Hall–Kier alpha value is -0.0900. The summed E-state index contributed by atoms with van der Waals surface area (Å²) in [5, 5.41) is 3.44. The van der Waals surface area contributed by atoms with Crippen molar-refractivity contribution in [2.24, 2.45) is 29.6 Å². The van der Waals surface area contributed by atoms with Crippen LogP contribution < -0.4 is 5.32 Å². The molecule has 0 spiro atoms. The van der Waals surface area contributed by atoms with Crippen molar-refractivity contribution >= 4 is 9.84 Å². The molecule has 4 aliphatic carbocycles. The van der Waals surface area contributed by atoms with Gasteiger partial charge in [-0.15, -0.1) is 0 Å². The van der Waals surface area contributed by atoms with Crippen molar-refractivity contribution in [3.8, 4) is 0 Å². The van der Waals surface area contributed by atoms with Gasteiger partial charge in [-0.3, -0.25) is 0 Å². The van der Waals surface area contributed by atoms with Crippen molar-refractivity contribution in [3.63, 3.8) is 0 Å². The van der Waals surface area contributed by atoms with Gasteiger partial charge in [0.1, 0.15) is 9.84 Å². The largest absolute Gasteiger partial charge is 0.317 e. The zero-order chi connectivity index (χ0) is 13.6. The number of sulfone groups is 1. The molecule has 1 N–H and O–H groups in total. The van der Waals surface area contributed by atoms with E-state index in [1.807, 2.05) is 7.05 Å². The third-order valence-electron chi connectivity index (χ3n) is 5.93. The van der Waals surface area contributed by atoms with Crippen molar-refractivity contribution in [1.29, 1.82) is 0 Å². The Morgan fingerprint density at radius 2 is 1.58 bits per heavy atom. The van der Waals surface area contributed by atoms with E-state index in [1.165, 1.54) is 38.4 Å². The molecule has 19 heavy (non-hydrogen) atoms. The van der Waals surface area contributed by atoms with E-state index in [0.29, 0.717) is 11.8 Å². The summed E-state index contributed by atoms with van der Waals surface area (Å²) in [5.74, 6) is 4.79. The lowest BCUT2D eigenvalue weighted by Crippen LogP contribution is -2.52. The van der Waals surface area contributed by atoms with Gasteiger partial charge < -0.3 is 5.32 Å². The van der Waals surface area contributed by atoms with E-state index in [0.717, 1.165) is 36.0 Å². The van der Waals surface area contributed by atoms with Crippen molar-refractivity contribution in [2.45, 2.75) is 44.6 Å². The monoisotopic (exact) mass is 285 g/mol. The van der Waals surface area contributed by atoms with Crippen LogP contribution in [0.1, 0.15) is 38.5 Å². The topological polar surface area (TPSA) is 46.2 Å². The van der Waals surface area contributed by atoms with Crippen molar-refractivity contribution in [1.82, 2.24) is 5.32 Å². The second kappa shape index (κ2) is 5.03. The molecular weight excluding hydrogens is 258 g/mol. The average molecular weight is 285 g/mol. The van der Waals surface area contributed by atoms with Crippen LogP contribution in [0, 0.1) is 29.6 Å². The third kappa shape index (κ3) is 2.85. The van der Waals surface area contributed by atoms with Crippen LogP contribution in [0.5, 0.6) is 0 Å². The maximum absolute atomic E-state index is 11.4. The van der Waals surface area contributed by atoms with Crippen LogP contribution in [-0.2, 0) is 9.84 Å². The normalized spacial score (nSPS) is 42.5. The predicted molar refractivity (Wildman–Crippen MR) is 77.7 cm³/mol. The van der Waals surface area contributed by atoms with Crippen LogP contribution in [0.4, 0.5) is 0 Å². The highest BCUT2D eigenvalue weighted by molar-refractivity contribution is 7.90. The van der Waals surface area contributed by atoms with Gasteiger partial charge in [-0.25, -0.2) is 8.42 Å². The van der Waals surface area contributed by atoms with Crippen LogP contribution in [-0.4, -0.2) is 33.5 Å². The fraction of sp³-hybridized carbons (Fsp3) is 1.00. The number of hydrogen-bond acceptors (Lipinski definition) is 3. The molecule has 4 saturated carbocycles. The molecule has 0 aromatic carbocycles. The number of nitrogens with one attached hydrogen (secondary N) is 1. The molecule has 4 bridgehead atoms. The summed E-state index contributed by atoms with van der Waals surface area (Å²) in [5.41, 5.74) is 0. The Morgan fingerprint density at radius 1 is 1.05 bits per heavy atom. The molecule has 0 heterocycles. The highest BCUT2D eigenvalue weighted by Gasteiger charge is 2.50. The van der Waals surface area contributed by atoms with E-state index in [9.17, 15) is 8.42 Å². The number of rotatable bonds is 5. The lowest BCUT2D eigenvalue weighted by atomic mass is 9.50. The second-order valence-electron chi connectivity index (χ2n) is 7.32. The number of hydrogen-bond donors (Lipinski definition) is 1. The SMILES string of the molecule is CNC(CCS(C)(=O)=O)C1C2CC3CC(C2)CC1C3. The van der Waals surface area contributed by atoms with Crippen molar-refractivity contribution in [2.75, 3.05) is 19.1 Å². The first-order chi connectivity index (χ1) is 8.96. The maximum Gasteiger partial charge on any atom is 0.147 e. The Morgan fingerprint density at radius 3 is 2.00 bits per heavy atom. The molecule has 0 amide bonds. The minimum atomic E-state index is -2.83. The summed E-state index contributed by atoms with van der Waals surface area (Å²) in [7, 11) is -0.822. The van der Waals surface area contributed by atoms with E-state index < -0.39 is 9.84 Å². The molecular formula is C15H27NO2S. The molecule has 0 saturated heterocycles. The summed E-state index contributed by atoms with van der Waals surface area (Å²) >= 11 is 0. The average Bonchev–Trinajstić information content (AvgIpc) is 2.30. The highest BCUT2D eigenvalue weighted by Crippen LogP contribution is 2.57. The van der Waals surface area contributed by atoms with E-state index in [1.54, 1.807) is 0 Å². The van der Waals surface area contributed by atoms with Crippen LogP contribution in [0.3, 0.4) is 0 Å². The van der Waals surface area contributed by atoms with Gasteiger partial charge in [0.15, 0.2) is 0 Å². The fourth-order valence-corrected chi connectivity index (χ4v) is 6.18. The first kappa shape index (κ1) is 13.9. The molecule has 0 radical (unpaired) electrons. The first-order valence-corrected chi connectivity index (χ1v) is 9.87. The predicted octanol–water partition coefficient (Wildman–Crippen LogP) is 2.08. The van der Waals surface area contributed by atoms with Gasteiger partial charge in [0, 0.05) is 12.3 Å². The molecule has 0 aromatic rings. The van der Waals surface area contributed by atoms with E-state index in [-0.39, 0.29) is 0 Å². The molecule has 4 aliphatic rings. The van der Waals surface area contributed by atoms with Gasteiger partial charge in [-0.05, 0) is 75.2 Å². The van der Waals surface area contributed by atoms with E-state index in [4.69, 9.17) is 0 Å². The van der Waals surface area contributed by atoms with Gasteiger partial charge in [-0.1, -0.05) is 0 Å². The minimum Gasteiger partial charge on any atom is -0.317 e. The molecule has 4 fully saturated rings. The molecule has 1 atom stereocenters. The quantitative estimate of drug-likeness (QED) is 0.841. The Labute approximate surface area is 117 Å². The Kier molecular flexibility index (Phi) is 3.67. The molecule has 1 unspecified atom stereocenters. The Bertz CT molecular complexity index is 403. The first-order valence-electron chi connectivity index (χ1n) is 7.81. The zero-order valence-corrected chi connectivity index (χ0v) is 13.0. The smallest absolute Gasteiger partial charge is 0.147 e. The van der Waals surface area contributed by atoms with Gasteiger partial charge in [-0.2, -0.15) is 0 Å². The van der Waals surface area contributed by atoms with Gasteiger partial charge in [0.05, 0.1) is 5.75 Å². The van der Waals surface area contributed by atoms with E-state index in [2.05, 4.69) is 5.32 Å². The summed E-state index contributed by atoms with van der Waals surface area (Å²) in [6, 6.07) is 0.407. The molecule has 4 heteroatoms. The zero-order valence-electron chi connectivity index (χ0n) is 12.1. The van der Waals surface area contributed by atoms with Crippen LogP contribution in [0.25, 0.3) is 0 Å². The molecule has 0 aromatic heterocycles. The van der Waals surface area contributed by atoms with Crippen LogP contribution >= 0.6 is 0 Å². The van der Waals surface area contributed by atoms with Gasteiger partial charge >= 0.3 is 0 Å². The lowest BCUT2D eigenvalue weighted by molar-refractivity contribution is -0.0511. The fourth-order valence-electron chi connectivity index (χ4n) is 5.49.